The summed E-state index contributed by atoms with van der Waals surface area (Å²) in [6.07, 6.45) is 0.339. The van der Waals surface area contributed by atoms with Gasteiger partial charge in [-0.3, -0.25) is 19.3 Å². The molecule has 1 aromatic rings. The highest BCUT2D eigenvalue weighted by molar-refractivity contribution is 6.24. The quantitative estimate of drug-likeness (QED) is 0.317. The number of benzene rings is 1. The number of rotatable bonds is 5. The number of allylic oxidation sites excluding steroid dienone is 1. The van der Waals surface area contributed by atoms with E-state index >= 15 is 0 Å². The van der Waals surface area contributed by atoms with E-state index in [1.165, 1.54) is 11.0 Å². The molecule has 3 aliphatic carbocycles. The molecule has 1 unspecified atom stereocenters. The first-order valence-electron chi connectivity index (χ1n) is 12.3. The Labute approximate surface area is 215 Å². The fourth-order valence-corrected chi connectivity index (χ4v) is 6.05. The molecule has 0 radical (unpaired) electrons. The topological polar surface area (TPSA) is 173 Å². The third-order valence-corrected chi connectivity index (χ3v) is 7.67. The minimum absolute atomic E-state index is 0.0239. The normalized spacial score (nSPS) is 27.8. The summed E-state index contributed by atoms with van der Waals surface area (Å²) in [5.41, 5.74) is 3.27. The van der Waals surface area contributed by atoms with E-state index in [9.17, 15) is 34.8 Å². The van der Waals surface area contributed by atoms with Gasteiger partial charge in [0.15, 0.2) is 11.4 Å². The maximum absolute atomic E-state index is 13.7. The number of ketones is 2. The average Bonchev–Trinajstić information content (AvgIpc) is 2.76. The second-order valence-electron chi connectivity index (χ2n) is 11.7. The number of primary amides is 1. The van der Waals surface area contributed by atoms with Gasteiger partial charge in [-0.1, -0.05) is 26.8 Å². The zero-order chi connectivity index (χ0) is 27.6. The van der Waals surface area contributed by atoms with E-state index in [4.69, 9.17) is 5.73 Å². The molecule has 1 aromatic carbocycles. The fourth-order valence-electron chi connectivity index (χ4n) is 6.05. The molecule has 10 nitrogen and oxygen atoms in total. The Morgan fingerprint density at radius 2 is 1.84 bits per heavy atom. The van der Waals surface area contributed by atoms with Gasteiger partial charge < -0.3 is 31.5 Å². The van der Waals surface area contributed by atoms with Crippen LogP contribution in [0, 0.1) is 17.3 Å². The Bertz CT molecular complexity index is 1260. The molecule has 0 fully saturated rings. The third kappa shape index (κ3) is 4.13. The Balaban J connectivity index is 1.84. The number of aliphatic hydroxyl groups is 3. The number of nitrogens with one attached hydrogen (secondary N) is 1. The van der Waals surface area contributed by atoms with Crippen LogP contribution in [-0.2, 0) is 22.6 Å². The van der Waals surface area contributed by atoms with Crippen molar-refractivity contribution in [2.24, 2.45) is 23.0 Å². The summed E-state index contributed by atoms with van der Waals surface area (Å²) < 4.78 is 0. The van der Waals surface area contributed by atoms with E-state index in [-0.39, 0.29) is 35.1 Å². The van der Waals surface area contributed by atoms with Gasteiger partial charge in [0.2, 0.25) is 5.78 Å². The van der Waals surface area contributed by atoms with Crippen molar-refractivity contribution >= 4 is 17.5 Å². The number of hydrogen-bond donors (Lipinski definition) is 6. The second-order valence-corrected chi connectivity index (χ2v) is 11.7. The Morgan fingerprint density at radius 3 is 2.41 bits per heavy atom. The van der Waals surface area contributed by atoms with Gasteiger partial charge in [0, 0.05) is 24.6 Å². The number of likely N-dealkylation sites (N-methyl/N-ethyl adjacent to an activating group) is 1. The van der Waals surface area contributed by atoms with E-state index < -0.39 is 58.0 Å². The number of amides is 1. The molecule has 200 valence electrons. The number of nitrogens with two attached hydrogens (primary N) is 1. The molecule has 7 N–H and O–H groups in total. The number of hydrogen-bond acceptors (Lipinski definition) is 9. The summed E-state index contributed by atoms with van der Waals surface area (Å²) in [4.78, 5) is 40.6. The number of aliphatic hydroxyl groups excluding tert-OH is 2. The molecular formula is C27H35N3O7. The van der Waals surface area contributed by atoms with E-state index in [0.717, 1.165) is 12.1 Å². The van der Waals surface area contributed by atoms with Crippen molar-refractivity contribution < 1.29 is 34.8 Å². The summed E-state index contributed by atoms with van der Waals surface area (Å²) in [5, 5.41) is 47.8. The van der Waals surface area contributed by atoms with Gasteiger partial charge in [-0.05, 0) is 55.5 Å². The molecule has 0 heterocycles. The lowest BCUT2D eigenvalue weighted by Gasteiger charge is -2.50. The van der Waals surface area contributed by atoms with Crippen molar-refractivity contribution in [3.05, 3.63) is 51.5 Å². The first kappa shape index (κ1) is 26.8. The van der Waals surface area contributed by atoms with Crippen LogP contribution in [0.15, 0.2) is 34.8 Å². The molecule has 10 heteroatoms. The van der Waals surface area contributed by atoms with Crippen LogP contribution in [0.4, 0.5) is 0 Å². The summed E-state index contributed by atoms with van der Waals surface area (Å²) >= 11 is 0. The van der Waals surface area contributed by atoms with Gasteiger partial charge in [-0.25, -0.2) is 0 Å². The van der Waals surface area contributed by atoms with Crippen LogP contribution in [0.2, 0.25) is 0 Å². The summed E-state index contributed by atoms with van der Waals surface area (Å²) in [5.74, 6) is -6.50. The lowest BCUT2D eigenvalue weighted by Crippen LogP contribution is -2.63. The molecule has 4 rings (SSSR count). The maximum atomic E-state index is 13.7. The van der Waals surface area contributed by atoms with Gasteiger partial charge in [0.25, 0.3) is 5.91 Å². The standard InChI is InChI=1S/C27H35N3O7/c1-26(2,3)11-29-10-12-6-7-16(31)18-14(12)8-13-9-15-20(30(4)5)22(33)19(25(28)36)24(35)27(15,37)23(34)17(13)21(18)32/h6-7,13,15,20,29,31,33-34,37H,8-11H2,1-5H3,(H2,28,36)/t13-,15-,20?,27-/m0/s1. The average molecular weight is 514 g/mol. The van der Waals surface area contributed by atoms with Crippen LogP contribution in [0.25, 0.3) is 0 Å². The number of nitrogens with zero attached hydrogens (tertiary/aromatic N) is 1. The van der Waals surface area contributed by atoms with Crippen molar-refractivity contribution in [2.45, 2.75) is 51.8 Å². The lowest BCUT2D eigenvalue weighted by molar-refractivity contribution is -0.148. The zero-order valence-corrected chi connectivity index (χ0v) is 21.8. The van der Waals surface area contributed by atoms with Crippen LogP contribution in [0.1, 0.15) is 48.7 Å². The van der Waals surface area contributed by atoms with Gasteiger partial charge in [-0.15, -0.1) is 0 Å². The summed E-state index contributed by atoms with van der Waals surface area (Å²) in [6, 6.07) is 2.16. The second kappa shape index (κ2) is 8.97. The fraction of sp³-hybridized carbons (Fsp3) is 0.519. The van der Waals surface area contributed by atoms with Gasteiger partial charge in [0.1, 0.15) is 22.8 Å². The van der Waals surface area contributed by atoms with Crippen molar-refractivity contribution in [1.82, 2.24) is 10.2 Å². The Hall–Kier alpha value is -3.21. The van der Waals surface area contributed by atoms with Crippen LogP contribution in [-0.4, -0.2) is 75.1 Å². The van der Waals surface area contributed by atoms with E-state index in [1.54, 1.807) is 20.2 Å². The molecule has 1 amide bonds. The minimum atomic E-state index is -2.63. The highest BCUT2D eigenvalue weighted by atomic mass is 16.3. The van der Waals surface area contributed by atoms with Crippen LogP contribution >= 0.6 is 0 Å². The molecule has 0 saturated heterocycles. The molecule has 0 saturated carbocycles. The largest absolute Gasteiger partial charge is 0.510 e. The van der Waals surface area contributed by atoms with Crippen molar-refractivity contribution in [1.29, 1.82) is 0 Å². The highest BCUT2D eigenvalue weighted by Gasteiger charge is 2.63. The molecule has 4 atom stereocenters. The predicted molar refractivity (Wildman–Crippen MR) is 135 cm³/mol. The summed E-state index contributed by atoms with van der Waals surface area (Å²) in [7, 11) is 3.20. The summed E-state index contributed by atoms with van der Waals surface area (Å²) in [6.45, 7) is 7.47. The molecule has 0 aromatic heterocycles. The molecule has 37 heavy (non-hydrogen) atoms. The van der Waals surface area contributed by atoms with E-state index in [2.05, 4.69) is 26.1 Å². The smallest absolute Gasteiger partial charge is 0.255 e. The predicted octanol–water partition coefficient (Wildman–Crippen LogP) is 1.26. The van der Waals surface area contributed by atoms with E-state index in [0.29, 0.717) is 12.1 Å². The number of carbonyl (C=O) groups excluding carboxylic acids is 3. The number of Topliss-reactive ketones (excluding diaryl/α,β-unsaturated/α-hetero) is 2. The SMILES string of the molecule is CN(C)C1C(O)=C(C(N)=O)C(=O)[C@@]2(O)C(O)=C3C(=O)c4c(O)ccc(CNCC(C)(C)C)c4C[C@H]3C[C@@H]12. The third-order valence-electron chi connectivity index (χ3n) is 7.67. The molecule has 0 bridgehead atoms. The van der Waals surface area contributed by atoms with Crippen LogP contribution in [0.5, 0.6) is 5.75 Å². The molecular weight excluding hydrogens is 478 g/mol. The Kier molecular flexibility index (Phi) is 6.51. The first-order chi connectivity index (χ1) is 17.1. The molecule has 0 aliphatic heterocycles. The molecule has 0 spiro atoms. The first-order valence-corrected chi connectivity index (χ1v) is 12.3. The highest BCUT2D eigenvalue weighted by Crippen LogP contribution is 2.52. The number of phenolic OH excluding ortho intramolecular Hbond substituents is 1. The number of fused-ring (bicyclic) bond motifs is 3. The van der Waals surface area contributed by atoms with Crippen LogP contribution in [0.3, 0.4) is 0 Å². The zero-order valence-electron chi connectivity index (χ0n) is 21.8. The van der Waals surface area contributed by atoms with Gasteiger partial charge >= 0.3 is 0 Å². The monoisotopic (exact) mass is 513 g/mol. The number of aromatic hydroxyl groups is 1. The van der Waals surface area contributed by atoms with Gasteiger partial charge in [-0.2, -0.15) is 0 Å². The minimum Gasteiger partial charge on any atom is -0.510 e. The van der Waals surface area contributed by atoms with Crippen molar-refractivity contribution in [2.75, 3.05) is 20.6 Å². The van der Waals surface area contributed by atoms with Crippen LogP contribution < -0.4 is 11.1 Å². The number of phenols is 1. The van der Waals surface area contributed by atoms with Crippen molar-refractivity contribution in [3.63, 3.8) is 0 Å². The molecule has 3 aliphatic rings. The van der Waals surface area contributed by atoms with Gasteiger partial charge in [0.05, 0.1) is 11.6 Å². The Morgan fingerprint density at radius 1 is 1.19 bits per heavy atom. The van der Waals surface area contributed by atoms with Crippen molar-refractivity contribution in [3.8, 4) is 5.75 Å². The lowest BCUT2D eigenvalue weighted by atomic mass is 9.58. The van der Waals surface area contributed by atoms with E-state index in [1.807, 2.05) is 0 Å². The maximum Gasteiger partial charge on any atom is 0.255 e. The number of carbonyl (C=O) groups is 3.